The number of ether oxygens (including phenoxy) is 1. The van der Waals surface area contributed by atoms with E-state index in [2.05, 4.69) is 10.4 Å². The van der Waals surface area contributed by atoms with E-state index < -0.39 is 5.54 Å². The second-order valence-corrected chi connectivity index (χ2v) is 5.99. The topological polar surface area (TPSA) is 82.2 Å². The van der Waals surface area contributed by atoms with Gasteiger partial charge in [0, 0.05) is 18.3 Å². The first-order chi connectivity index (χ1) is 10.3. The molecule has 6 nitrogen and oxygen atoms in total. The van der Waals surface area contributed by atoms with Crippen LogP contribution in [0.25, 0.3) is 5.69 Å². The van der Waals surface area contributed by atoms with Crippen LogP contribution in [0.2, 0.25) is 0 Å². The van der Waals surface area contributed by atoms with E-state index in [0.717, 1.165) is 11.3 Å². The van der Waals surface area contributed by atoms with Crippen LogP contribution in [0.4, 0.5) is 0 Å². The average molecular weight is 302 g/mol. The third kappa shape index (κ3) is 3.85. The monoisotopic (exact) mass is 302 g/mol. The Morgan fingerprint density at radius 2 is 2.14 bits per heavy atom. The normalized spacial score (nSPS) is 11.3. The molecule has 0 atom stereocenters. The van der Waals surface area contributed by atoms with Crippen molar-refractivity contribution >= 4 is 5.91 Å². The zero-order valence-corrected chi connectivity index (χ0v) is 13.4. The molecule has 2 rings (SSSR count). The van der Waals surface area contributed by atoms with Gasteiger partial charge in [-0.25, -0.2) is 4.68 Å². The van der Waals surface area contributed by atoms with Crippen LogP contribution in [0.15, 0.2) is 30.5 Å². The van der Waals surface area contributed by atoms with Crippen molar-refractivity contribution in [2.75, 3.05) is 13.7 Å². The Balaban J connectivity index is 2.21. The number of amides is 1. The van der Waals surface area contributed by atoms with Crippen molar-refractivity contribution in [1.82, 2.24) is 15.1 Å². The molecule has 3 N–H and O–H groups in total. The summed E-state index contributed by atoms with van der Waals surface area (Å²) in [5.41, 5.74) is 7.61. The van der Waals surface area contributed by atoms with E-state index in [-0.39, 0.29) is 5.91 Å². The molecule has 0 aliphatic rings. The predicted octanol–water partition coefficient (Wildman–Crippen LogP) is 1.66. The Morgan fingerprint density at radius 1 is 1.41 bits per heavy atom. The van der Waals surface area contributed by atoms with Crippen LogP contribution in [0.5, 0.6) is 5.75 Å². The molecule has 118 valence electrons. The predicted molar refractivity (Wildman–Crippen MR) is 85.5 cm³/mol. The number of hydrogen-bond donors (Lipinski definition) is 2. The van der Waals surface area contributed by atoms with Gasteiger partial charge in [0.2, 0.25) is 0 Å². The molecule has 0 bridgehead atoms. The fourth-order valence-corrected chi connectivity index (χ4v) is 1.96. The zero-order chi connectivity index (χ0) is 16.3. The molecule has 0 aliphatic carbocycles. The number of methoxy groups -OCH3 is 1. The number of nitrogens with one attached hydrogen (secondary N) is 1. The number of aromatic nitrogens is 2. The number of hydrogen-bond acceptors (Lipinski definition) is 4. The van der Waals surface area contributed by atoms with Gasteiger partial charge in [0.15, 0.2) is 5.69 Å². The van der Waals surface area contributed by atoms with Gasteiger partial charge in [-0.15, -0.1) is 0 Å². The Morgan fingerprint density at radius 3 is 2.77 bits per heavy atom. The summed E-state index contributed by atoms with van der Waals surface area (Å²) in [5.74, 6) is 0.452. The lowest BCUT2D eigenvalue weighted by Gasteiger charge is -2.18. The van der Waals surface area contributed by atoms with Crippen LogP contribution < -0.4 is 15.8 Å². The lowest BCUT2D eigenvalue weighted by atomic mass is 10.1. The van der Waals surface area contributed by atoms with Crippen LogP contribution >= 0.6 is 0 Å². The van der Waals surface area contributed by atoms with Gasteiger partial charge in [0.05, 0.1) is 7.11 Å². The summed E-state index contributed by atoms with van der Waals surface area (Å²) in [5, 5.41) is 7.09. The van der Waals surface area contributed by atoms with Crippen molar-refractivity contribution in [2.24, 2.45) is 5.73 Å². The van der Waals surface area contributed by atoms with Gasteiger partial charge in [-0.1, -0.05) is 6.07 Å². The fourth-order valence-electron chi connectivity index (χ4n) is 1.96. The van der Waals surface area contributed by atoms with Gasteiger partial charge >= 0.3 is 0 Å². The maximum Gasteiger partial charge on any atom is 0.271 e. The lowest BCUT2D eigenvalue weighted by molar-refractivity contribution is 0.0940. The molecular weight excluding hydrogens is 280 g/mol. The van der Waals surface area contributed by atoms with Gasteiger partial charge in [-0.2, -0.15) is 5.10 Å². The molecule has 0 aliphatic heterocycles. The molecule has 1 aromatic heterocycles. The Hall–Kier alpha value is -2.34. The summed E-state index contributed by atoms with van der Waals surface area (Å²) in [6.45, 7) is 6.07. The molecule has 1 aromatic carbocycles. The van der Waals surface area contributed by atoms with E-state index in [1.807, 2.05) is 39.0 Å². The van der Waals surface area contributed by atoms with Crippen molar-refractivity contribution in [3.63, 3.8) is 0 Å². The number of nitrogens with two attached hydrogens (primary N) is 1. The van der Waals surface area contributed by atoms with Crippen molar-refractivity contribution in [3.8, 4) is 11.4 Å². The summed E-state index contributed by atoms with van der Waals surface area (Å²) in [7, 11) is 1.61. The molecular formula is C16H22N4O2. The highest BCUT2D eigenvalue weighted by atomic mass is 16.5. The summed E-state index contributed by atoms with van der Waals surface area (Å²) in [4.78, 5) is 12.1. The second kappa shape index (κ2) is 6.19. The van der Waals surface area contributed by atoms with Gasteiger partial charge in [-0.3, -0.25) is 4.79 Å². The van der Waals surface area contributed by atoms with Crippen molar-refractivity contribution in [1.29, 1.82) is 0 Å². The van der Waals surface area contributed by atoms with Crippen molar-refractivity contribution in [2.45, 2.75) is 26.3 Å². The molecule has 22 heavy (non-hydrogen) atoms. The van der Waals surface area contributed by atoms with E-state index in [4.69, 9.17) is 10.5 Å². The number of carbonyl (C=O) groups excluding carboxylic acids is 1. The summed E-state index contributed by atoms with van der Waals surface area (Å²) >= 11 is 0. The van der Waals surface area contributed by atoms with Gasteiger partial charge in [0.25, 0.3) is 5.91 Å². The molecule has 0 saturated carbocycles. The number of benzene rings is 1. The minimum atomic E-state index is -0.460. The minimum absolute atomic E-state index is 0.246. The molecule has 1 amide bonds. The van der Waals surface area contributed by atoms with Crippen LogP contribution in [0, 0.1) is 6.92 Å². The van der Waals surface area contributed by atoms with E-state index in [0.29, 0.717) is 18.0 Å². The highest BCUT2D eigenvalue weighted by molar-refractivity contribution is 5.92. The van der Waals surface area contributed by atoms with Crippen LogP contribution in [-0.4, -0.2) is 34.9 Å². The summed E-state index contributed by atoms with van der Waals surface area (Å²) < 4.78 is 6.97. The smallest absolute Gasteiger partial charge is 0.271 e. The number of aryl methyl sites for hydroxylation is 1. The molecule has 0 unspecified atom stereocenters. The molecule has 6 heteroatoms. The first-order valence-electron chi connectivity index (χ1n) is 7.08. The molecule has 2 aromatic rings. The molecule has 0 spiro atoms. The first kappa shape index (κ1) is 16.0. The first-order valence-corrected chi connectivity index (χ1v) is 7.08. The average Bonchev–Trinajstić information content (AvgIpc) is 2.93. The fraction of sp³-hybridized carbons (Fsp3) is 0.375. The highest BCUT2D eigenvalue weighted by Gasteiger charge is 2.16. The van der Waals surface area contributed by atoms with Crippen LogP contribution in [0.3, 0.4) is 0 Å². The van der Waals surface area contributed by atoms with Crippen LogP contribution in [-0.2, 0) is 0 Å². The largest absolute Gasteiger partial charge is 0.494 e. The third-order valence-electron chi connectivity index (χ3n) is 3.11. The van der Waals surface area contributed by atoms with E-state index in [1.54, 1.807) is 24.1 Å². The standard InChI is InChI=1S/C16H22N4O2/c1-11-5-6-14(22-4)13(9-11)20-8-7-12(19-20)15(21)18-10-16(2,3)17/h5-9H,10,17H2,1-4H3,(H,18,21). The number of carbonyl (C=O) groups is 1. The van der Waals surface area contributed by atoms with Gasteiger partial charge in [-0.05, 0) is 44.5 Å². The molecule has 0 fully saturated rings. The Labute approximate surface area is 130 Å². The Kier molecular flexibility index (Phi) is 4.51. The minimum Gasteiger partial charge on any atom is -0.494 e. The third-order valence-corrected chi connectivity index (χ3v) is 3.11. The quantitative estimate of drug-likeness (QED) is 0.880. The number of rotatable bonds is 5. The van der Waals surface area contributed by atoms with E-state index >= 15 is 0 Å². The SMILES string of the molecule is COc1ccc(C)cc1-n1ccc(C(=O)NCC(C)(C)N)n1. The van der Waals surface area contributed by atoms with Crippen LogP contribution in [0.1, 0.15) is 29.9 Å². The molecule has 1 heterocycles. The van der Waals surface area contributed by atoms with Gasteiger partial charge in [0.1, 0.15) is 11.4 Å². The second-order valence-electron chi connectivity index (χ2n) is 5.99. The maximum absolute atomic E-state index is 12.1. The summed E-state index contributed by atoms with van der Waals surface area (Å²) in [6.07, 6.45) is 1.74. The zero-order valence-electron chi connectivity index (χ0n) is 13.4. The molecule has 0 saturated heterocycles. The van der Waals surface area contributed by atoms with Crippen molar-refractivity contribution < 1.29 is 9.53 Å². The van der Waals surface area contributed by atoms with E-state index in [1.165, 1.54) is 0 Å². The summed E-state index contributed by atoms with van der Waals surface area (Å²) in [6, 6.07) is 7.46. The lowest BCUT2D eigenvalue weighted by Crippen LogP contribution is -2.45. The van der Waals surface area contributed by atoms with Crippen molar-refractivity contribution in [3.05, 3.63) is 41.7 Å². The maximum atomic E-state index is 12.1. The number of nitrogens with zero attached hydrogens (tertiary/aromatic N) is 2. The molecule has 0 radical (unpaired) electrons. The van der Waals surface area contributed by atoms with E-state index in [9.17, 15) is 4.79 Å². The van der Waals surface area contributed by atoms with Gasteiger partial charge < -0.3 is 15.8 Å². The highest BCUT2D eigenvalue weighted by Crippen LogP contribution is 2.23. The Bertz CT molecular complexity index is 671.